The van der Waals surface area contributed by atoms with Crippen LogP contribution in [0.5, 0.6) is 0 Å². The van der Waals surface area contributed by atoms with Gasteiger partial charge in [0.05, 0.1) is 12.7 Å². The summed E-state index contributed by atoms with van der Waals surface area (Å²) < 4.78 is 5.90. The topological polar surface area (TPSA) is 49.9 Å². The third-order valence-corrected chi connectivity index (χ3v) is 5.73. The van der Waals surface area contributed by atoms with Crippen molar-refractivity contribution in [2.24, 2.45) is 5.92 Å². The summed E-state index contributed by atoms with van der Waals surface area (Å²) in [5, 5.41) is 0. The zero-order valence-corrected chi connectivity index (χ0v) is 16.0. The van der Waals surface area contributed by atoms with Gasteiger partial charge in [-0.05, 0) is 42.7 Å². The first-order chi connectivity index (χ1) is 13.7. The molecule has 0 spiro atoms. The molecule has 0 N–H and O–H groups in total. The Morgan fingerprint density at radius 1 is 1.00 bits per heavy atom. The van der Waals surface area contributed by atoms with Gasteiger partial charge >= 0.3 is 0 Å². The van der Waals surface area contributed by atoms with Crippen LogP contribution in [0.1, 0.15) is 28.8 Å². The number of nitrogens with zero attached hydrogens (tertiary/aromatic N) is 2. The van der Waals surface area contributed by atoms with E-state index in [0.29, 0.717) is 25.3 Å². The second-order valence-electron chi connectivity index (χ2n) is 7.63. The normalized spacial score (nSPS) is 18.0. The molecule has 2 aliphatic heterocycles. The summed E-state index contributed by atoms with van der Waals surface area (Å²) in [7, 11) is 0. The number of hydrogen-bond donors (Lipinski definition) is 0. The molecule has 2 fully saturated rings. The molecule has 2 heterocycles. The van der Waals surface area contributed by atoms with Gasteiger partial charge in [0, 0.05) is 43.3 Å². The van der Waals surface area contributed by atoms with Gasteiger partial charge in [-0.15, -0.1) is 0 Å². The van der Waals surface area contributed by atoms with Gasteiger partial charge in [0.1, 0.15) is 6.29 Å². The summed E-state index contributed by atoms with van der Waals surface area (Å²) in [5.41, 5.74) is 2.98. The summed E-state index contributed by atoms with van der Waals surface area (Å²) in [6.07, 6.45) is 2.76. The summed E-state index contributed by atoms with van der Waals surface area (Å²) in [6.45, 7) is 3.77. The summed E-state index contributed by atoms with van der Waals surface area (Å²) in [4.78, 5) is 27.8. The highest BCUT2D eigenvalue weighted by Gasteiger charge is 2.36. The van der Waals surface area contributed by atoms with Crippen LogP contribution >= 0.6 is 0 Å². The molecule has 0 aromatic heterocycles. The van der Waals surface area contributed by atoms with Crippen LogP contribution in [0.15, 0.2) is 54.6 Å². The lowest BCUT2D eigenvalue weighted by molar-refractivity contribution is -0.150. The number of rotatable bonds is 6. The molecule has 146 valence electrons. The van der Waals surface area contributed by atoms with Gasteiger partial charge in [0.15, 0.2) is 0 Å². The number of aldehydes is 1. The van der Waals surface area contributed by atoms with Crippen molar-refractivity contribution < 1.29 is 14.3 Å². The number of carbonyl (C=O) groups excluding carboxylic acids is 2. The lowest BCUT2D eigenvalue weighted by Crippen LogP contribution is -2.57. The van der Waals surface area contributed by atoms with Crippen molar-refractivity contribution in [1.82, 2.24) is 4.90 Å². The van der Waals surface area contributed by atoms with Crippen LogP contribution in [0.4, 0.5) is 5.69 Å². The average Bonchev–Trinajstić information content (AvgIpc) is 2.73. The van der Waals surface area contributed by atoms with Gasteiger partial charge in [-0.25, -0.2) is 0 Å². The van der Waals surface area contributed by atoms with Crippen LogP contribution in [-0.4, -0.2) is 49.4 Å². The SMILES string of the molecule is O=Cc1ccc(N2CCC(C(=O)N3CC(OCc4ccccc4)C3)CC2)cc1. The smallest absolute Gasteiger partial charge is 0.225 e. The molecule has 5 nitrogen and oxygen atoms in total. The zero-order chi connectivity index (χ0) is 19.3. The van der Waals surface area contributed by atoms with E-state index < -0.39 is 0 Å². The maximum atomic E-state index is 12.7. The summed E-state index contributed by atoms with van der Waals surface area (Å²) >= 11 is 0. The molecule has 0 aliphatic carbocycles. The van der Waals surface area contributed by atoms with Crippen LogP contribution in [0.3, 0.4) is 0 Å². The second kappa shape index (κ2) is 8.57. The molecular formula is C23H26N2O3. The maximum Gasteiger partial charge on any atom is 0.225 e. The number of amides is 1. The fraction of sp³-hybridized carbons (Fsp3) is 0.391. The standard InChI is InChI=1S/C23H26N2O3/c26-16-18-6-8-21(9-7-18)24-12-10-20(11-13-24)23(27)25-14-22(15-25)28-17-19-4-2-1-3-5-19/h1-9,16,20,22H,10-15,17H2. The Kier molecular flexibility index (Phi) is 5.72. The highest BCUT2D eigenvalue weighted by molar-refractivity contribution is 5.80. The van der Waals surface area contributed by atoms with Gasteiger partial charge in [0.25, 0.3) is 0 Å². The van der Waals surface area contributed by atoms with Gasteiger partial charge in [0.2, 0.25) is 5.91 Å². The monoisotopic (exact) mass is 378 g/mol. The van der Waals surface area contributed by atoms with E-state index in [0.717, 1.165) is 37.9 Å². The molecule has 4 rings (SSSR count). The van der Waals surface area contributed by atoms with Crippen molar-refractivity contribution in [1.29, 1.82) is 0 Å². The van der Waals surface area contributed by atoms with Crippen LogP contribution < -0.4 is 4.90 Å². The van der Waals surface area contributed by atoms with E-state index in [1.54, 1.807) is 0 Å². The number of carbonyl (C=O) groups is 2. The molecular weight excluding hydrogens is 352 g/mol. The number of anilines is 1. The fourth-order valence-electron chi connectivity index (χ4n) is 3.92. The van der Waals surface area contributed by atoms with Gasteiger partial charge in [-0.1, -0.05) is 30.3 Å². The van der Waals surface area contributed by atoms with Crippen molar-refractivity contribution in [3.8, 4) is 0 Å². The van der Waals surface area contributed by atoms with Gasteiger partial charge < -0.3 is 14.5 Å². The quantitative estimate of drug-likeness (QED) is 0.725. The van der Waals surface area contributed by atoms with E-state index in [1.807, 2.05) is 47.4 Å². The lowest BCUT2D eigenvalue weighted by Gasteiger charge is -2.42. The second-order valence-corrected chi connectivity index (χ2v) is 7.63. The molecule has 28 heavy (non-hydrogen) atoms. The van der Waals surface area contributed by atoms with E-state index in [2.05, 4.69) is 17.0 Å². The van der Waals surface area contributed by atoms with Crippen molar-refractivity contribution in [3.05, 3.63) is 65.7 Å². The minimum absolute atomic E-state index is 0.112. The highest BCUT2D eigenvalue weighted by Crippen LogP contribution is 2.27. The Morgan fingerprint density at radius 3 is 2.32 bits per heavy atom. The van der Waals surface area contributed by atoms with E-state index in [-0.39, 0.29) is 17.9 Å². The number of ether oxygens (including phenoxy) is 1. The van der Waals surface area contributed by atoms with E-state index >= 15 is 0 Å². The van der Waals surface area contributed by atoms with Crippen LogP contribution in [-0.2, 0) is 16.1 Å². The van der Waals surface area contributed by atoms with E-state index in [4.69, 9.17) is 4.74 Å². The third kappa shape index (κ3) is 4.25. The molecule has 2 saturated heterocycles. The third-order valence-electron chi connectivity index (χ3n) is 5.73. The fourth-order valence-corrected chi connectivity index (χ4v) is 3.92. The predicted molar refractivity (Wildman–Crippen MR) is 108 cm³/mol. The largest absolute Gasteiger partial charge is 0.371 e. The Bertz CT molecular complexity index is 792. The molecule has 0 unspecified atom stereocenters. The molecule has 0 bridgehead atoms. The number of hydrogen-bond acceptors (Lipinski definition) is 4. The first-order valence-corrected chi connectivity index (χ1v) is 9.97. The Hall–Kier alpha value is -2.66. The summed E-state index contributed by atoms with van der Waals surface area (Å²) in [5.74, 6) is 0.385. The van der Waals surface area contributed by atoms with Crippen molar-refractivity contribution >= 4 is 17.9 Å². The van der Waals surface area contributed by atoms with Crippen molar-refractivity contribution in [2.45, 2.75) is 25.6 Å². The van der Waals surface area contributed by atoms with Gasteiger partial charge in [-0.2, -0.15) is 0 Å². The minimum Gasteiger partial charge on any atom is -0.371 e. The number of likely N-dealkylation sites (tertiary alicyclic amines) is 1. The molecule has 0 atom stereocenters. The molecule has 2 aromatic rings. The lowest BCUT2D eigenvalue weighted by atomic mass is 9.93. The van der Waals surface area contributed by atoms with Gasteiger partial charge in [-0.3, -0.25) is 9.59 Å². The van der Waals surface area contributed by atoms with Crippen LogP contribution in [0, 0.1) is 5.92 Å². The first kappa shape index (κ1) is 18.7. The Labute approximate surface area is 165 Å². The van der Waals surface area contributed by atoms with E-state index in [1.165, 1.54) is 5.56 Å². The first-order valence-electron chi connectivity index (χ1n) is 9.97. The predicted octanol–water partition coefficient (Wildman–Crippen LogP) is 3.14. The van der Waals surface area contributed by atoms with Crippen molar-refractivity contribution in [2.75, 3.05) is 31.1 Å². The molecule has 5 heteroatoms. The minimum atomic E-state index is 0.112. The number of benzene rings is 2. The molecule has 2 aromatic carbocycles. The maximum absolute atomic E-state index is 12.7. The molecule has 1 amide bonds. The summed E-state index contributed by atoms with van der Waals surface area (Å²) in [6, 6.07) is 17.8. The Morgan fingerprint density at radius 2 is 1.68 bits per heavy atom. The number of piperidine rings is 1. The molecule has 0 radical (unpaired) electrons. The van der Waals surface area contributed by atoms with Crippen LogP contribution in [0.2, 0.25) is 0 Å². The van der Waals surface area contributed by atoms with Crippen LogP contribution in [0.25, 0.3) is 0 Å². The zero-order valence-electron chi connectivity index (χ0n) is 16.0. The molecule has 2 aliphatic rings. The van der Waals surface area contributed by atoms with Crippen molar-refractivity contribution in [3.63, 3.8) is 0 Å². The Balaban J connectivity index is 1.20. The average molecular weight is 378 g/mol. The highest BCUT2D eigenvalue weighted by atomic mass is 16.5. The molecule has 0 saturated carbocycles. The van der Waals surface area contributed by atoms with E-state index in [9.17, 15) is 9.59 Å².